The summed E-state index contributed by atoms with van der Waals surface area (Å²) >= 11 is 4.86. The third kappa shape index (κ3) is 4.32. The zero-order valence-electron chi connectivity index (χ0n) is 10.5. The maximum absolute atomic E-state index is 11.3. The Balaban J connectivity index is 2.36. The minimum absolute atomic E-state index is 0.0518. The first-order valence-corrected chi connectivity index (χ1v) is 8.45. The number of halogens is 2. The fourth-order valence-corrected chi connectivity index (χ4v) is 3.90. The smallest absolute Gasteiger partial charge is 0.342 e. The molecule has 0 saturated heterocycles. The van der Waals surface area contributed by atoms with Gasteiger partial charge in [-0.15, -0.1) is 10.2 Å². The second kappa shape index (κ2) is 6.96. The van der Waals surface area contributed by atoms with Crippen molar-refractivity contribution >= 4 is 69.0 Å². The van der Waals surface area contributed by atoms with Crippen LogP contribution in [0.1, 0.15) is 11.5 Å². The van der Waals surface area contributed by atoms with E-state index in [0.717, 1.165) is 11.8 Å². The highest BCUT2D eigenvalue weighted by Gasteiger charge is 2.15. The van der Waals surface area contributed by atoms with Gasteiger partial charge >= 0.3 is 5.97 Å². The second-order valence-corrected chi connectivity index (χ2v) is 7.15. The number of rotatable bonds is 4. The first-order chi connectivity index (χ1) is 9.86. The summed E-state index contributed by atoms with van der Waals surface area (Å²) in [7, 11) is 0. The molecule has 0 atom stereocenters. The number of carboxylic acid groups (broad SMARTS) is 1. The predicted octanol–water partition coefficient (Wildman–Crippen LogP) is 3.51. The number of aromatic nitrogens is 2. The normalized spacial score (nSPS) is 11.7. The topological polar surface area (TPSA) is 96.5 Å². The number of nitrogens with zero attached hydrogens (tertiary/aromatic N) is 2. The minimum Gasteiger partial charge on any atom is -0.506 e. The average molecular weight is 530 g/mol. The Bertz CT molecular complexity index is 707. The Kier molecular flexibility index (Phi) is 5.48. The number of carboxylic acids is 1. The lowest BCUT2D eigenvalue weighted by atomic mass is 10.2. The number of hydrogen-bond donors (Lipinski definition) is 2. The fraction of sp³-hybridized carbons (Fsp3) is 0.0833. The molecule has 0 aliphatic rings. The number of phenols is 1. The molecule has 2 N–H and O–H groups in total. The molecule has 0 radical (unpaired) electrons. The van der Waals surface area contributed by atoms with E-state index in [0.29, 0.717) is 18.6 Å². The van der Waals surface area contributed by atoms with Gasteiger partial charge in [0.1, 0.15) is 10.7 Å². The maximum Gasteiger partial charge on any atom is 0.342 e. The number of thioether (sulfide) groups is 1. The lowest BCUT2D eigenvalue weighted by molar-refractivity contribution is -0.131. The van der Waals surface area contributed by atoms with Crippen LogP contribution < -0.4 is 0 Å². The SMILES string of the molecule is Cc1nnc(S/C(=C\c2cc(I)c(O)c(I)c2)C(=O)O)o1. The van der Waals surface area contributed by atoms with Gasteiger partial charge in [-0.1, -0.05) is 0 Å². The molecule has 1 aromatic heterocycles. The molecular formula is C12H8I2N2O4S. The van der Waals surface area contributed by atoms with E-state index in [-0.39, 0.29) is 15.9 Å². The largest absolute Gasteiger partial charge is 0.506 e. The standard InChI is InChI=1S/C12H8I2N2O4S/c1-5-15-16-12(20-5)21-9(11(18)19)4-6-2-7(13)10(17)8(14)3-6/h2-4,17H,1H3,(H,18,19)/b9-4-. The molecule has 6 nitrogen and oxygen atoms in total. The molecule has 9 heteroatoms. The van der Waals surface area contributed by atoms with Crippen molar-refractivity contribution in [2.75, 3.05) is 0 Å². The van der Waals surface area contributed by atoms with Crippen LogP contribution in [0, 0.1) is 14.1 Å². The molecule has 110 valence electrons. The molecule has 0 bridgehead atoms. The molecule has 21 heavy (non-hydrogen) atoms. The van der Waals surface area contributed by atoms with Crippen molar-refractivity contribution in [2.24, 2.45) is 0 Å². The van der Waals surface area contributed by atoms with E-state index in [1.165, 1.54) is 6.08 Å². The van der Waals surface area contributed by atoms with Gasteiger partial charge in [-0.05, 0) is 80.7 Å². The van der Waals surface area contributed by atoms with Crippen molar-refractivity contribution in [3.05, 3.63) is 35.6 Å². The highest BCUT2D eigenvalue weighted by atomic mass is 127. The molecule has 0 amide bonds. The van der Waals surface area contributed by atoms with E-state index in [1.54, 1.807) is 19.1 Å². The van der Waals surface area contributed by atoms with Gasteiger partial charge < -0.3 is 14.6 Å². The van der Waals surface area contributed by atoms with Gasteiger partial charge in [0, 0.05) is 6.92 Å². The Morgan fingerprint density at radius 1 is 1.33 bits per heavy atom. The molecule has 1 heterocycles. The number of hydrogen-bond acceptors (Lipinski definition) is 6. The molecule has 0 unspecified atom stereocenters. The zero-order chi connectivity index (χ0) is 15.6. The summed E-state index contributed by atoms with van der Waals surface area (Å²) in [4.78, 5) is 11.4. The van der Waals surface area contributed by atoms with Crippen LogP contribution in [0.15, 0.2) is 26.7 Å². The van der Waals surface area contributed by atoms with Crippen molar-refractivity contribution in [3.8, 4) is 5.75 Å². The molecular weight excluding hydrogens is 522 g/mol. The van der Waals surface area contributed by atoms with Gasteiger partial charge in [-0.25, -0.2) is 4.79 Å². The van der Waals surface area contributed by atoms with Crippen molar-refractivity contribution in [1.29, 1.82) is 0 Å². The van der Waals surface area contributed by atoms with E-state index >= 15 is 0 Å². The monoisotopic (exact) mass is 530 g/mol. The van der Waals surface area contributed by atoms with Crippen molar-refractivity contribution in [3.63, 3.8) is 0 Å². The lowest BCUT2D eigenvalue weighted by Gasteiger charge is -2.04. The van der Waals surface area contributed by atoms with Crippen LogP contribution in [-0.2, 0) is 4.79 Å². The predicted molar refractivity (Wildman–Crippen MR) is 94.0 cm³/mol. The highest BCUT2D eigenvalue weighted by molar-refractivity contribution is 14.1. The van der Waals surface area contributed by atoms with E-state index in [1.807, 2.05) is 45.2 Å². The van der Waals surface area contributed by atoms with Crippen LogP contribution in [0.25, 0.3) is 6.08 Å². The van der Waals surface area contributed by atoms with Crippen molar-refractivity contribution in [1.82, 2.24) is 10.2 Å². The Hall–Kier alpha value is -0.820. The van der Waals surface area contributed by atoms with E-state index in [9.17, 15) is 15.0 Å². The fourth-order valence-electron chi connectivity index (χ4n) is 1.37. The summed E-state index contributed by atoms with van der Waals surface area (Å²) in [5.74, 6) is -0.532. The van der Waals surface area contributed by atoms with Crippen LogP contribution in [0.5, 0.6) is 5.75 Å². The Morgan fingerprint density at radius 3 is 2.43 bits per heavy atom. The maximum atomic E-state index is 11.3. The molecule has 1 aromatic carbocycles. The van der Waals surface area contributed by atoms with Crippen LogP contribution in [0.3, 0.4) is 0 Å². The third-order valence-electron chi connectivity index (χ3n) is 2.25. The van der Waals surface area contributed by atoms with E-state index in [2.05, 4.69) is 10.2 Å². The van der Waals surface area contributed by atoms with Gasteiger partial charge in [0.2, 0.25) is 5.89 Å². The van der Waals surface area contributed by atoms with Gasteiger partial charge in [0.05, 0.1) is 7.14 Å². The van der Waals surface area contributed by atoms with Gasteiger partial charge in [0.25, 0.3) is 5.22 Å². The molecule has 0 aliphatic heterocycles. The number of aromatic hydroxyl groups is 1. The summed E-state index contributed by atoms with van der Waals surface area (Å²) < 4.78 is 6.46. The van der Waals surface area contributed by atoms with Crippen LogP contribution in [0.2, 0.25) is 0 Å². The molecule has 0 fully saturated rings. The Morgan fingerprint density at radius 2 is 1.95 bits per heavy atom. The zero-order valence-corrected chi connectivity index (χ0v) is 15.6. The number of aryl methyl sites for hydroxylation is 1. The molecule has 0 aliphatic carbocycles. The minimum atomic E-state index is -1.09. The van der Waals surface area contributed by atoms with Crippen molar-refractivity contribution < 1.29 is 19.4 Å². The number of aliphatic carboxylic acids is 1. The summed E-state index contributed by atoms with van der Waals surface area (Å²) in [6, 6.07) is 3.39. The molecule has 0 spiro atoms. The number of benzene rings is 1. The quantitative estimate of drug-likeness (QED) is 0.355. The average Bonchev–Trinajstić information content (AvgIpc) is 2.80. The first kappa shape index (κ1) is 16.5. The molecule has 2 aromatic rings. The van der Waals surface area contributed by atoms with E-state index in [4.69, 9.17) is 4.42 Å². The van der Waals surface area contributed by atoms with Crippen molar-refractivity contribution in [2.45, 2.75) is 12.1 Å². The number of carbonyl (C=O) groups is 1. The Labute approximate surface area is 151 Å². The summed E-state index contributed by atoms with van der Waals surface area (Å²) in [6.07, 6.45) is 1.50. The lowest BCUT2D eigenvalue weighted by Crippen LogP contribution is -1.97. The second-order valence-electron chi connectivity index (χ2n) is 3.84. The van der Waals surface area contributed by atoms with Crippen LogP contribution in [-0.4, -0.2) is 26.4 Å². The van der Waals surface area contributed by atoms with E-state index < -0.39 is 5.97 Å². The van der Waals surface area contributed by atoms with Crippen LogP contribution >= 0.6 is 56.9 Å². The van der Waals surface area contributed by atoms with Gasteiger partial charge in [-0.2, -0.15) is 0 Å². The summed E-state index contributed by atoms with van der Waals surface area (Å²) in [6.45, 7) is 1.63. The first-order valence-electron chi connectivity index (χ1n) is 5.48. The summed E-state index contributed by atoms with van der Waals surface area (Å²) in [5, 5.41) is 26.6. The van der Waals surface area contributed by atoms with Gasteiger partial charge in [0.15, 0.2) is 0 Å². The molecule has 2 rings (SSSR count). The van der Waals surface area contributed by atoms with Crippen LogP contribution in [0.4, 0.5) is 0 Å². The molecule has 0 saturated carbocycles. The number of phenolic OH excluding ortho intramolecular Hbond substituents is 1. The third-order valence-corrected chi connectivity index (χ3v) is 4.75. The highest BCUT2D eigenvalue weighted by Crippen LogP contribution is 2.31. The summed E-state index contributed by atoms with van der Waals surface area (Å²) in [5.41, 5.74) is 0.669. The van der Waals surface area contributed by atoms with Gasteiger partial charge in [-0.3, -0.25) is 0 Å².